The van der Waals surface area contributed by atoms with Crippen LogP contribution in [-0.4, -0.2) is 30.6 Å². The summed E-state index contributed by atoms with van der Waals surface area (Å²) in [5, 5.41) is 3.54. The van der Waals surface area contributed by atoms with E-state index in [2.05, 4.69) is 50.4 Å². The van der Waals surface area contributed by atoms with Crippen molar-refractivity contribution in [3.05, 3.63) is 28.7 Å². The SMILES string of the molecule is Brc1cccc(NCCN2CCCC3CCCC32)c1. The molecule has 0 bridgehead atoms. The molecule has 1 aliphatic heterocycles. The van der Waals surface area contributed by atoms with Crippen LogP contribution in [0.3, 0.4) is 0 Å². The number of hydrogen-bond acceptors (Lipinski definition) is 2. The highest BCUT2D eigenvalue weighted by atomic mass is 79.9. The number of benzene rings is 1. The van der Waals surface area contributed by atoms with Crippen LogP contribution >= 0.6 is 15.9 Å². The Balaban J connectivity index is 1.49. The Labute approximate surface area is 124 Å². The van der Waals surface area contributed by atoms with Crippen LogP contribution in [0.4, 0.5) is 5.69 Å². The number of anilines is 1. The number of hydrogen-bond donors (Lipinski definition) is 1. The molecule has 2 aliphatic rings. The quantitative estimate of drug-likeness (QED) is 0.896. The van der Waals surface area contributed by atoms with E-state index >= 15 is 0 Å². The van der Waals surface area contributed by atoms with Gasteiger partial charge in [0.1, 0.15) is 0 Å². The molecule has 1 heterocycles. The third kappa shape index (κ3) is 3.32. The lowest BCUT2D eigenvalue weighted by Gasteiger charge is -2.37. The fourth-order valence-electron chi connectivity index (χ4n) is 3.78. The normalized spacial score (nSPS) is 27.2. The summed E-state index contributed by atoms with van der Waals surface area (Å²) in [6.07, 6.45) is 7.23. The van der Waals surface area contributed by atoms with Crippen molar-refractivity contribution in [1.29, 1.82) is 0 Å². The number of fused-ring (bicyclic) bond motifs is 1. The zero-order chi connectivity index (χ0) is 13.1. The Bertz CT molecular complexity index is 421. The number of piperidine rings is 1. The molecule has 1 aromatic carbocycles. The maximum absolute atomic E-state index is 3.54. The Hall–Kier alpha value is -0.540. The number of nitrogens with zero attached hydrogens (tertiary/aromatic N) is 1. The minimum Gasteiger partial charge on any atom is -0.384 e. The van der Waals surface area contributed by atoms with Crippen molar-refractivity contribution in [2.45, 2.75) is 38.1 Å². The summed E-state index contributed by atoms with van der Waals surface area (Å²) in [5.74, 6) is 1.000. The first-order valence-corrected chi connectivity index (χ1v) is 8.36. The molecule has 1 saturated carbocycles. The van der Waals surface area contributed by atoms with Crippen LogP contribution in [0, 0.1) is 5.92 Å². The third-order valence-electron chi connectivity index (χ3n) is 4.66. The topological polar surface area (TPSA) is 15.3 Å². The van der Waals surface area contributed by atoms with E-state index in [1.54, 1.807) is 0 Å². The van der Waals surface area contributed by atoms with Gasteiger partial charge in [-0.1, -0.05) is 28.4 Å². The zero-order valence-corrected chi connectivity index (χ0v) is 13.0. The van der Waals surface area contributed by atoms with Crippen LogP contribution in [0.15, 0.2) is 28.7 Å². The molecule has 3 heteroatoms. The predicted molar refractivity (Wildman–Crippen MR) is 84.6 cm³/mol. The largest absolute Gasteiger partial charge is 0.384 e. The van der Waals surface area contributed by atoms with E-state index in [1.807, 2.05) is 0 Å². The van der Waals surface area contributed by atoms with Crippen LogP contribution in [0.1, 0.15) is 32.1 Å². The van der Waals surface area contributed by atoms with Gasteiger partial charge in [-0.2, -0.15) is 0 Å². The first-order valence-electron chi connectivity index (χ1n) is 7.56. The number of nitrogens with one attached hydrogen (secondary N) is 1. The number of rotatable bonds is 4. The predicted octanol–water partition coefficient (Wildman–Crippen LogP) is 4.13. The van der Waals surface area contributed by atoms with Gasteiger partial charge in [-0.25, -0.2) is 0 Å². The van der Waals surface area contributed by atoms with Gasteiger partial charge in [-0.05, 0) is 56.3 Å². The zero-order valence-electron chi connectivity index (χ0n) is 11.4. The highest BCUT2D eigenvalue weighted by Gasteiger charge is 2.34. The van der Waals surface area contributed by atoms with Crippen molar-refractivity contribution >= 4 is 21.6 Å². The van der Waals surface area contributed by atoms with Gasteiger partial charge in [0.25, 0.3) is 0 Å². The molecule has 0 aromatic heterocycles. The minimum atomic E-state index is 0.887. The van der Waals surface area contributed by atoms with Crippen LogP contribution in [0.25, 0.3) is 0 Å². The van der Waals surface area contributed by atoms with E-state index in [1.165, 1.54) is 50.9 Å². The highest BCUT2D eigenvalue weighted by Crippen LogP contribution is 2.36. The van der Waals surface area contributed by atoms with Crippen molar-refractivity contribution < 1.29 is 0 Å². The van der Waals surface area contributed by atoms with Crippen LogP contribution in [0.5, 0.6) is 0 Å². The van der Waals surface area contributed by atoms with E-state index in [0.29, 0.717) is 0 Å². The Morgan fingerprint density at radius 1 is 1.21 bits per heavy atom. The molecule has 3 rings (SSSR count). The van der Waals surface area contributed by atoms with Crippen LogP contribution in [-0.2, 0) is 0 Å². The maximum Gasteiger partial charge on any atom is 0.0351 e. The fourth-order valence-corrected chi connectivity index (χ4v) is 4.18. The second kappa shape index (κ2) is 6.27. The molecular formula is C16H23BrN2. The van der Waals surface area contributed by atoms with Gasteiger partial charge in [-0.3, -0.25) is 4.90 Å². The standard InChI is InChI=1S/C16H23BrN2/c17-14-6-2-7-15(12-14)18-9-11-19-10-3-5-13-4-1-8-16(13)19/h2,6-7,12-13,16,18H,1,3-5,8-11H2. The average Bonchev–Trinajstić information content (AvgIpc) is 2.88. The van der Waals surface area contributed by atoms with Gasteiger partial charge in [0.15, 0.2) is 0 Å². The summed E-state index contributed by atoms with van der Waals surface area (Å²) in [7, 11) is 0. The molecular weight excluding hydrogens is 300 g/mol. The molecule has 2 nitrogen and oxygen atoms in total. The average molecular weight is 323 g/mol. The first-order chi connectivity index (χ1) is 9.33. The second-order valence-corrected chi connectivity index (χ2v) is 6.79. The van der Waals surface area contributed by atoms with E-state index in [-0.39, 0.29) is 0 Å². The lowest BCUT2D eigenvalue weighted by Crippen LogP contribution is -2.44. The second-order valence-electron chi connectivity index (χ2n) is 5.87. The van der Waals surface area contributed by atoms with E-state index in [0.717, 1.165) is 23.0 Å². The van der Waals surface area contributed by atoms with Crippen LogP contribution in [0.2, 0.25) is 0 Å². The number of likely N-dealkylation sites (tertiary alicyclic amines) is 1. The van der Waals surface area contributed by atoms with Gasteiger partial charge in [0.05, 0.1) is 0 Å². The summed E-state index contributed by atoms with van der Waals surface area (Å²) in [5.41, 5.74) is 1.22. The molecule has 1 saturated heterocycles. The van der Waals surface area contributed by atoms with Crippen molar-refractivity contribution in [3.8, 4) is 0 Å². The summed E-state index contributed by atoms with van der Waals surface area (Å²) < 4.78 is 1.14. The summed E-state index contributed by atoms with van der Waals surface area (Å²) >= 11 is 3.52. The Morgan fingerprint density at radius 2 is 2.11 bits per heavy atom. The first kappa shape index (κ1) is 13.4. The monoisotopic (exact) mass is 322 g/mol. The van der Waals surface area contributed by atoms with Gasteiger partial charge >= 0.3 is 0 Å². The molecule has 0 spiro atoms. The molecule has 0 radical (unpaired) electrons. The Kier molecular flexibility index (Phi) is 4.44. The molecule has 0 amide bonds. The molecule has 1 aromatic rings. The highest BCUT2D eigenvalue weighted by molar-refractivity contribution is 9.10. The smallest absolute Gasteiger partial charge is 0.0351 e. The summed E-state index contributed by atoms with van der Waals surface area (Å²) in [6, 6.07) is 9.32. The van der Waals surface area contributed by atoms with Gasteiger partial charge in [0.2, 0.25) is 0 Å². The summed E-state index contributed by atoms with van der Waals surface area (Å²) in [4.78, 5) is 2.73. The maximum atomic E-state index is 3.54. The molecule has 2 fully saturated rings. The lowest BCUT2D eigenvalue weighted by molar-refractivity contribution is 0.118. The summed E-state index contributed by atoms with van der Waals surface area (Å²) in [6.45, 7) is 3.55. The fraction of sp³-hybridized carbons (Fsp3) is 0.625. The van der Waals surface area contributed by atoms with Crippen molar-refractivity contribution in [3.63, 3.8) is 0 Å². The Morgan fingerprint density at radius 3 is 3.00 bits per heavy atom. The van der Waals surface area contributed by atoms with Gasteiger partial charge in [-0.15, -0.1) is 0 Å². The van der Waals surface area contributed by atoms with E-state index in [4.69, 9.17) is 0 Å². The van der Waals surface area contributed by atoms with Crippen molar-refractivity contribution in [2.24, 2.45) is 5.92 Å². The molecule has 1 aliphatic carbocycles. The molecule has 2 unspecified atom stereocenters. The minimum absolute atomic E-state index is 0.887. The lowest BCUT2D eigenvalue weighted by atomic mass is 9.92. The van der Waals surface area contributed by atoms with Gasteiger partial charge < -0.3 is 5.32 Å². The molecule has 1 N–H and O–H groups in total. The van der Waals surface area contributed by atoms with E-state index < -0.39 is 0 Å². The van der Waals surface area contributed by atoms with Gasteiger partial charge in [0, 0.05) is 29.3 Å². The number of halogens is 1. The van der Waals surface area contributed by atoms with E-state index in [9.17, 15) is 0 Å². The van der Waals surface area contributed by atoms with Crippen LogP contribution < -0.4 is 5.32 Å². The molecule has 104 valence electrons. The molecule has 2 atom stereocenters. The van der Waals surface area contributed by atoms with Crippen molar-refractivity contribution in [1.82, 2.24) is 4.90 Å². The third-order valence-corrected chi connectivity index (χ3v) is 5.15. The molecule has 19 heavy (non-hydrogen) atoms. The van der Waals surface area contributed by atoms with Crippen molar-refractivity contribution in [2.75, 3.05) is 25.0 Å².